The summed E-state index contributed by atoms with van der Waals surface area (Å²) in [5, 5.41) is 4.50. The molecule has 0 radical (unpaired) electrons. The van der Waals surface area contributed by atoms with E-state index < -0.39 is 0 Å². The Morgan fingerprint density at radius 2 is 1.71 bits per heavy atom. The molecule has 106 valence electrons. The van der Waals surface area contributed by atoms with Gasteiger partial charge in [0.15, 0.2) is 0 Å². The minimum absolute atomic E-state index is 0.252. The molecular formula is C17H16FN3. The highest BCUT2D eigenvalue weighted by Gasteiger charge is 2.18. The van der Waals surface area contributed by atoms with E-state index in [2.05, 4.69) is 5.10 Å². The van der Waals surface area contributed by atoms with Crippen molar-refractivity contribution in [1.29, 1.82) is 0 Å². The number of rotatable bonds is 2. The van der Waals surface area contributed by atoms with E-state index >= 15 is 0 Å². The number of para-hydroxylation sites is 1. The van der Waals surface area contributed by atoms with Crippen molar-refractivity contribution in [2.24, 2.45) is 0 Å². The molecule has 0 aliphatic rings. The third-order valence-electron chi connectivity index (χ3n) is 3.62. The van der Waals surface area contributed by atoms with E-state index in [4.69, 9.17) is 5.73 Å². The van der Waals surface area contributed by atoms with E-state index in [1.807, 2.05) is 43.3 Å². The van der Waals surface area contributed by atoms with Crippen LogP contribution < -0.4 is 5.73 Å². The average Bonchev–Trinajstić information content (AvgIpc) is 2.79. The van der Waals surface area contributed by atoms with E-state index in [0.29, 0.717) is 22.6 Å². The second-order valence-electron chi connectivity index (χ2n) is 5.04. The van der Waals surface area contributed by atoms with E-state index in [-0.39, 0.29) is 5.82 Å². The Morgan fingerprint density at radius 1 is 1.00 bits per heavy atom. The van der Waals surface area contributed by atoms with Crippen LogP contribution in [0.4, 0.5) is 10.2 Å². The first kappa shape index (κ1) is 13.4. The third kappa shape index (κ3) is 2.18. The summed E-state index contributed by atoms with van der Waals surface area (Å²) in [4.78, 5) is 0. The second kappa shape index (κ2) is 5.05. The molecule has 0 unspecified atom stereocenters. The van der Waals surface area contributed by atoms with Crippen molar-refractivity contribution in [2.75, 3.05) is 5.73 Å². The Bertz CT molecular complexity index is 791. The third-order valence-corrected chi connectivity index (χ3v) is 3.62. The summed E-state index contributed by atoms with van der Waals surface area (Å²) >= 11 is 0. The fourth-order valence-electron chi connectivity index (χ4n) is 2.36. The maximum Gasteiger partial charge on any atom is 0.135 e. The lowest BCUT2D eigenvalue weighted by molar-refractivity contribution is 0.621. The number of hydrogen-bond donors (Lipinski definition) is 1. The van der Waals surface area contributed by atoms with E-state index in [9.17, 15) is 4.39 Å². The predicted molar refractivity (Wildman–Crippen MR) is 82.8 cm³/mol. The Kier molecular flexibility index (Phi) is 3.22. The van der Waals surface area contributed by atoms with Crippen LogP contribution in [0.1, 0.15) is 11.1 Å². The fraction of sp³-hybridized carbons (Fsp3) is 0.118. The molecule has 1 aromatic heterocycles. The Hall–Kier alpha value is -2.62. The number of anilines is 1. The lowest BCUT2D eigenvalue weighted by Gasteiger charge is -2.03. The number of benzene rings is 2. The van der Waals surface area contributed by atoms with Gasteiger partial charge in [-0.1, -0.05) is 30.3 Å². The molecule has 21 heavy (non-hydrogen) atoms. The summed E-state index contributed by atoms with van der Waals surface area (Å²) in [6.45, 7) is 3.60. The summed E-state index contributed by atoms with van der Waals surface area (Å²) in [7, 11) is 0. The summed E-state index contributed by atoms with van der Waals surface area (Å²) in [5.41, 5.74) is 9.44. The SMILES string of the molecule is Cc1cccc(-c2nn(-c3ccccc3)c(N)c2C)c1F. The van der Waals surface area contributed by atoms with Gasteiger partial charge in [-0.25, -0.2) is 9.07 Å². The minimum Gasteiger partial charge on any atom is -0.383 e. The van der Waals surface area contributed by atoms with Crippen LogP contribution in [0.3, 0.4) is 0 Å². The van der Waals surface area contributed by atoms with Crippen molar-refractivity contribution < 1.29 is 4.39 Å². The van der Waals surface area contributed by atoms with Gasteiger partial charge < -0.3 is 5.73 Å². The fourth-order valence-corrected chi connectivity index (χ4v) is 2.36. The minimum atomic E-state index is -0.252. The van der Waals surface area contributed by atoms with Gasteiger partial charge in [-0.2, -0.15) is 5.10 Å². The van der Waals surface area contributed by atoms with Crippen molar-refractivity contribution >= 4 is 5.82 Å². The van der Waals surface area contributed by atoms with Gasteiger partial charge >= 0.3 is 0 Å². The molecule has 0 aliphatic heterocycles. The molecule has 0 bridgehead atoms. The molecule has 0 aliphatic carbocycles. The molecule has 0 fully saturated rings. The standard InChI is InChI=1S/C17H16FN3/c1-11-7-6-10-14(15(11)18)16-12(2)17(19)21(20-16)13-8-4-3-5-9-13/h3-10H,19H2,1-2H3. The first-order valence-corrected chi connectivity index (χ1v) is 6.75. The first-order valence-electron chi connectivity index (χ1n) is 6.75. The zero-order chi connectivity index (χ0) is 15.0. The molecule has 3 rings (SSSR count). The highest BCUT2D eigenvalue weighted by Crippen LogP contribution is 2.30. The van der Waals surface area contributed by atoms with Crippen LogP contribution in [0, 0.1) is 19.7 Å². The molecular weight excluding hydrogens is 265 g/mol. The Morgan fingerprint density at radius 3 is 2.43 bits per heavy atom. The van der Waals surface area contributed by atoms with Crippen LogP contribution in [0.2, 0.25) is 0 Å². The van der Waals surface area contributed by atoms with Crippen LogP contribution >= 0.6 is 0 Å². The van der Waals surface area contributed by atoms with E-state index in [1.54, 1.807) is 23.7 Å². The van der Waals surface area contributed by atoms with Crippen molar-refractivity contribution in [3.05, 3.63) is 65.5 Å². The maximum atomic E-state index is 14.3. The Labute approximate surface area is 122 Å². The average molecular weight is 281 g/mol. The zero-order valence-electron chi connectivity index (χ0n) is 12.0. The lowest BCUT2D eigenvalue weighted by Crippen LogP contribution is -2.01. The number of aromatic nitrogens is 2. The maximum absolute atomic E-state index is 14.3. The van der Waals surface area contributed by atoms with Gasteiger partial charge in [0, 0.05) is 11.1 Å². The number of halogens is 1. The van der Waals surface area contributed by atoms with E-state index in [1.165, 1.54) is 0 Å². The highest BCUT2D eigenvalue weighted by atomic mass is 19.1. The smallest absolute Gasteiger partial charge is 0.135 e. The van der Waals surface area contributed by atoms with Gasteiger partial charge in [-0.15, -0.1) is 0 Å². The normalized spacial score (nSPS) is 10.8. The molecule has 2 N–H and O–H groups in total. The molecule has 4 heteroatoms. The number of nitrogens with zero attached hydrogens (tertiary/aromatic N) is 2. The molecule has 0 saturated carbocycles. The van der Waals surface area contributed by atoms with Crippen molar-refractivity contribution in [1.82, 2.24) is 9.78 Å². The predicted octanol–water partition coefficient (Wildman–Crippen LogP) is 3.88. The first-order chi connectivity index (χ1) is 10.1. The summed E-state index contributed by atoms with van der Waals surface area (Å²) in [5.74, 6) is 0.274. The topological polar surface area (TPSA) is 43.8 Å². The van der Waals surface area contributed by atoms with Gasteiger partial charge in [0.2, 0.25) is 0 Å². The Balaban J connectivity index is 2.20. The van der Waals surface area contributed by atoms with Gasteiger partial charge in [0.05, 0.1) is 5.69 Å². The summed E-state index contributed by atoms with van der Waals surface area (Å²) < 4.78 is 16.0. The summed E-state index contributed by atoms with van der Waals surface area (Å²) in [6.07, 6.45) is 0. The van der Waals surface area contributed by atoms with Crippen molar-refractivity contribution in [2.45, 2.75) is 13.8 Å². The van der Waals surface area contributed by atoms with E-state index in [0.717, 1.165) is 11.3 Å². The largest absolute Gasteiger partial charge is 0.383 e. The molecule has 1 heterocycles. The van der Waals surface area contributed by atoms with Crippen LogP contribution in [-0.2, 0) is 0 Å². The molecule has 0 spiro atoms. The molecule has 3 aromatic rings. The monoisotopic (exact) mass is 281 g/mol. The van der Waals surface area contributed by atoms with Gasteiger partial charge in [-0.05, 0) is 37.6 Å². The van der Waals surface area contributed by atoms with Gasteiger partial charge in [0.1, 0.15) is 17.3 Å². The summed E-state index contributed by atoms with van der Waals surface area (Å²) in [6, 6.07) is 14.9. The number of aryl methyl sites for hydroxylation is 1. The molecule has 3 nitrogen and oxygen atoms in total. The van der Waals surface area contributed by atoms with Crippen LogP contribution in [-0.4, -0.2) is 9.78 Å². The molecule has 2 aromatic carbocycles. The van der Waals surface area contributed by atoms with Crippen LogP contribution in [0.15, 0.2) is 48.5 Å². The lowest BCUT2D eigenvalue weighted by atomic mass is 10.1. The number of nitrogens with two attached hydrogens (primary N) is 1. The van der Waals surface area contributed by atoms with Crippen LogP contribution in [0.25, 0.3) is 16.9 Å². The van der Waals surface area contributed by atoms with Gasteiger partial charge in [0.25, 0.3) is 0 Å². The van der Waals surface area contributed by atoms with Crippen LogP contribution in [0.5, 0.6) is 0 Å². The van der Waals surface area contributed by atoms with Gasteiger partial charge in [-0.3, -0.25) is 0 Å². The second-order valence-corrected chi connectivity index (χ2v) is 5.04. The number of nitrogen functional groups attached to an aromatic ring is 1. The zero-order valence-corrected chi connectivity index (χ0v) is 12.0. The molecule has 0 amide bonds. The quantitative estimate of drug-likeness (QED) is 0.774. The molecule has 0 atom stereocenters. The number of hydrogen-bond acceptors (Lipinski definition) is 2. The van der Waals surface area contributed by atoms with Crippen molar-refractivity contribution in [3.63, 3.8) is 0 Å². The van der Waals surface area contributed by atoms with Crippen molar-refractivity contribution in [3.8, 4) is 16.9 Å². The highest BCUT2D eigenvalue weighted by molar-refractivity contribution is 5.70. The molecule has 0 saturated heterocycles.